The lowest BCUT2D eigenvalue weighted by molar-refractivity contribution is -0.143. The van der Waals surface area contributed by atoms with Crippen LogP contribution in [0.15, 0.2) is 6.20 Å². The van der Waals surface area contributed by atoms with E-state index in [0.717, 1.165) is 6.20 Å². The molecular weight excluding hydrogens is 199 g/mol. The summed E-state index contributed by atoms with van der Waals surface area (Å²) in [6, 6.07) is -1.24. The minimum Gasteiger partial charge on any atom is -0.350 e. The first-order valence-electron chi connectivity index (χ1n) is 3.81. The number of halogens is 3. The number of aromatic nitrogens is 2. The van der Waals surface area contributed by atoms with Crippen LogP contribution in [0.25, 0.3) is 0 Å². The molecule has 1 heterocycles. The monoisotopic (exact) mass is 207 g/mol. The fourth-order valence-corrected chi connectivity index (χ4v) is 1.11. The minimum atomic E-state index is -4.61. The van der Waals surface area contributed by atoms with Crippen LogP contribution in [0.2, 0.25) is 0 Å². The number of carbonyl (C=O) groups is 1. The summed E-state index contributed by atoms with van der Waals surface area (Å²) in [6.45, 7) is 1.54. The summed E-state index contributed by atoms with van der Waals surface area (Å²) in [4.78, 5) is 10.6. The molecule has 0 saturated carbocycles. The minimum absolute atomic E-state index is 0.0451. The van der Waals surface area contributed by atoms with Crippen molar-refractivity contribution in [3.8, 4) is 0 Å². The van der Waals surface area contributed by atoms with Crippen molar-refractivity contribution in [2.45, 2.75) is 19.5 Å². The number of primary amides is 1. The first-order chi connectivity index (χ1) is 6.38. The molecule has 0 spiro atoms. The number of nitrogens with zero attached hydrogens (tertiary/aromatic N) is 2. The summed E-state index contributed by atoms with van der Waals surface area (Å²) < 4.78 is 37.4. The average molecular weight is 207 g/mol. The molecule has 0 unspecified atom stereocenters. The van der Waals surface area contributed by atoms with Crippen molar-refractivity contribution in [3.63, 3.8) is 0 Å². The van der Waals surface area contributed by atoms with Gasteiger partial charge in [0.25, 0.3) is 0 Å². The molecule has 0 radical (unpaired) electrons. The van der Waals surface area contributed by atoms with Crippen LogP contribution in [0.3, 0.4) is 0 Å². The average Bonchev–Trinajstić information content (AvgIpc) is 2.45. The molecule has 0 aromatic carbocycles. The fraction of sp³-hybridized carbons (Fsp3) is 0.429. The van der Waals surface area contributed by atoms with Gasteiger partial charge in [0.05, 0.1) is 6.20 Å². The molecule has 0 saturated heterocycles. The summed E-state index contributed by atoms with van der Waals surface area (Å²) in [5.74, 6) is 0. The van der Waals surface area contributed by atoms with Crippen LogP contribution in [0, 0.1) is 0 Å². The number of amides is 1. The van der Waals surface area contributed by atoms with E-state index in [4.69, 9.17) is 5.73 Å². The van der Waals surface area contributed by atoms with Crippen LogP contribution in [0.4, 0.5) is 18.0 Å². The van der Waals surface area contributed by atoms with Crippen LogP contribution in [-0.2, 0) is 12.6 Å². The number of nitrogens with two attached hydrogens (primary N) is 1. The number of aryl methyl sites for hydroxylation is 1. The second-order valence-corrected chi connectivity index (χ2v) is 2.62. The van der Waals surface area contributed by atoms with Crippen LogP contribution < -0.4 is 5.73 Å². The Balaban J connectivity index is 3.34. The number of hydrogen-bond donors (Lipinski definition) is 1. The zero-order chi connectivity index (χ0) is 10.9. The number of alkyl halides is 3. The van der Waals surface area contributed by atoms with E-state index in [-0.39, 0.29) is 16.7 Å². The summed E-state index contributed by atoms with van der Waals surface area (Å²) in [6.07, 6.45) is -3.48. The molecule has 0 atom stereocenters. The molecule has 2 N–H and O–H groups in total. The van der Waals surface area contributed by atoms with E-state index in [9.17, 15) is 18.0 Å². The normalized spacial score (nSPS) is 11.7. The van der Waals surface area contributed by atoms with Gasteiger partial charge in [0, 0.05) is 5.56 Å². The second-order valence-electron chi connectivity index (χ2n) is 2.62. The van der Waals surface area contributed by atoms with Crippen molar-refractivity contribution in [2.75, 3.05) is 0 Å². The van der Waals surface area contributed by atoms with Crippen LogP contribution in [-0.4, -0.2) is 15.8 Å². The molecule has 14 heavy (non-hydrogen) atoms. The molecule has 1 rings (SSSR count). The summed E-state index contributed by atoms with van der Waals surface area (Å²) >= 11 is 0. The molecular formula is C7H8F3N3O. The van der Waals surface area contributed by atoms with E-state index >= 15 is 0 Å². The van der Waals surface area contributed by atoms with Crippen molar-refractivity contribution in [3.05, 3.63) is 17.5 Å². The highest BCUT2D eigenvalue weighted by Crippen LogP contribution is 2.31. The summed E-state index contributed by atoms with van der Waals surface area (Å²) in [7, 11) is 0. The molecule has 0 aliphatic rings. The van der Waals surface area contributed by atoms with Gasteiger partial charge in [0.1, 0.15) is 0 Å². The van der Waals surface area contributed by atoms with Gasteiger partial charge in [-0.25, -0.2) is 4.79 Å². The summed E-state index contributed by atoms with van der Waals surface area (Å²) in [5.41, 5.74) is 3.61. The largest absolute Gasteiger partial charge is 0.433 e. The highest BCUT2D eigenvalue weighted by molar-refractivity contribution is 5.74. The third-order valence-corrected chi connectivity index (χ3v) is 1.70. The van der Waals surface area contributed by atoms with Crippen LogP contribution >= 0.6 is 0 Å². The molecule has 0 aliphatic carbocycles. The Hall–Kier alpha value is -1.53. The van der Waals surface area contributed by atoms with E-state index in [1.807, 2.05) is 0 Å². The second kappa shape index (κ2) is 3.32. The van der Waals surface area contributed by atoms with Gasteiger partial charge in [-0.2, -0.15) is 23.0 Å². The Morgan fingerprint density at radius 3 is 2.57 bits per heavy atom. The fourth-order valence-electron chi connectivity index (χ4n) is 1.11. The van der Waals surface area contributed by atoms with Gasteiger partial charge in [0.15, 0.2) is 5.69 Å². The zero-order valence-corrected chi connectivity index (χ0v) is 7.30. The zero-order valence-electron chi connectivity index (χ0n) is 7.30. The predicted octanol–water partition coefficient (Wildman–Crippen LogP) is 1.39. The van der Waals surface area contributed by atoms with E-state index < -0.39 is 17.9 Å². The third-order valence-electron chi connectivity index (χ3n) is 1.70. The van der Waals surface area contributed by atoms with Gasteiger partial charge in [0.2, 0.25) is 0 Å². The Bertz CT molecular complexity index is 356. The molecule has 0 aliphatic heterocycles. The maximum Gasteiger partial charge on any atom is 0.433 e. The van der Waals surface area contributed by atoms with Gasteiger partial charge in [-0.3, -0.25) is 0 Å². The lowest BCUT2D eigenvalue weighted by Crippen LogP contribution is -2.27. The standard InChI is InChI=1S/C7H8F3N3O/c1-2-4-3-12-13(6(11)14)5(4)7(8,9)10/h3H,2H2,1H3,(H2,11,14). The Morgan fingerprint density at radius 2 is 2.21 bits per heavy atom. The van der Waals surface area contributed by atoms with Gasteiger partial charge < -0.3 is 5.73 Å². The third kappa shape index (κ3) is 1.70. The molecule has 0 fully saturated rings. The maximum absolute atomic E-state index is 12.4. The molecule has 1 aromatic heterocycles. The Labute approximate surface area is 77.5 Å². The first kappa shape index (κ1) is 10.6. The number of rotatable bonds is 1. The lowest BCUT2D eigenvalue weighted by Gasteiger charge is -2.08. The Kier molecular flexibility index (Phi) is 2.50. The first-order valence-corrected chi connectivity index (χ1v) is 3.81. The SMILES string of the molecule is CCc1cnn(C(N)=O)c1C(F)(F)F. The number of hydrogen-bond acceptors (Lipinski definition) is 2. The highest BCUT2D eigenvalue weighted by Gasteiger charge is 2.38. The van der Waals surface area contributed by atoms with Gasteiger partial charge in [-0.1, -0.05) is 6.92 Å². The van der Waals surface area contributed by atoms with Gasteiger partial charge in [-0.15, -0.1) is 0 Å². The van der Waals surface area contributed by atoms with Crippen LogP contribution in [0.5, 0.6) is 0 Å². The van der Waals surface area contributed by atoms with E-state index in [2.05, 4.69) is 5.10 Å². The van der Waals surface area contributed by atoms with Gasteiger partial charge in [-0.05, 0) is 6.42 Å². The quantitative estimate of drug-likeness (QED) is 0.756. The van der Waals surface area contributed by atoms with Crippen molar-refractivity contribution < 1.29 is 18.0 Å². The topological polar surface area (TPSA) is 60.9 Å². The van der Waals surface area contributed by atoms with Crippen molar-refractivity contribution in [2.24, 2.45) is 5.73 Å². The van der Waals surface area contributed by atoms with Crippen LogP contribution in [0.1, 0.15) is 18.2 Å². The van der Waals surface area contributed by atoms with E-state index in [0.29, 0.717) is 0 Å². The predicted molar refractivity (Wildman–Crippen MR) is 41.6 cm³/mol. The molecule has 1 aromatic rings. The molecule has 0 bridgehead atoms. The molecule has 4 nitrogen and oxygen atoms in total. The van der Waals surface area contributed by atoms with Crippen molar-refractivity contribution >= 4 is 6.03 Å². The van der Waals surface area contributed by atoms with Crippen molar-refractivity contribution in [1.29, 1.82) is 0 Å². The highest BCUT2D eigenvalue weighted by atomic mass is 19.4. The smallest absolute Gasteiger partial charge is 0.350 e. The number of carbonyl (C=O) groups excluding carboxylic acids is 1. The van der Waals surface area contributed by atoms with Gasteiger partial charge >= 0.3 is 12.2 Å². The van der Waals surface area contributed by atoms with E-state index in [1.54, 1.807) is 0 Å². The Morgan fingerprint density at radius 1 is 1.64 bits per heavy atom. The lowest BCUT2D eigenvalue weighted by atomic mass is 10.2. The summed E-state index contributed by atoms with van der Waals surface area (Å²) in [5, 5.41) is 3.28. The molecule has 78 valence electrons. The maximum atomic E-state index is 12.4. The van der Waals surface area contributed by atoms with Crippen molar-refractivity contribution in [1.82, 2.24) is 9.78 Å². The molecule has 7 heteroatoms. The van der Waals surface area contributed by atoms with E-state index in [1.165, 1.54) is 6.92 Å². The molecule has 1 amide bonds.